The molecule has 0 aromatic heterocycles. The molecule has 0 spiro atoms. The van der Waals surface area contributed by atoms with Crippen molar-refractivity contribution in [2.75, 3.05) is 40.6 Å². The average molecular weight is 448 g/mol. The summed E-state index contributed by atoms with van der Waals surface area (Å²) in [7, 11) is 2.82. The summed E-state index contributed by atoms with van der Waals surface area (Å²) in [6.07, 6.45) is -0.439. The van der Waals surface area contributed by atoms with Gasteiger partial charge in [0.1, 0.15) is 29.2 Å². The molecule has 0 atom stereocenters. The van der Waals surface area contributed by atoms with E-state index in [9.17, 15) is 9.59 Å². The zero-order chi connectivity index (χ0) is 23.2. The van der Waals surface area contributed by atoms with Gasteiger partial charge in [0.2, 0.25) is 0 Å². The fourth-order valence-electron chi connectivity index (χ4n) is 2.32. The van der Waals surface area contributed by atoms with Crippen molar-refractivity contribution in [3.63, 3.8) is 0 Å². The van der Waals surface area contributed by atoms with Crippen LogP contribution in [0.5, 0.6) is 11.5 Å². The summed E-state index contributed by atoms with van der Waals surface area (Å²) >= 11 is 0. The number of methoxy groups -OCH3 is 2. The van der Waals surface area contributed by atoms with Crippen LogP contribution < -0.4 is 9.47 Å². The molecule has 0 heterocycles. The highest BCUT2D eigenvalue weighted by Gasteiger charge is 2.24. The second kappa shape index (κ2) is 14.0. The number of carbonyl (C=O) groups excluding carboxylic acids is 2. The maximum absolute atomic E-state index is 12.3. The van der Waals surface area contributed by atoms with Gasteiger partial charge in [0, 0.05) is 6.61 Å². The lowest BCUT2D eigenvalue weighted by molar-refractivity contribution is -0.368. The normalized spacial score (nSPS) is 10.6. The molecule has 0 saturated heterocycles. The predicted molar refractivity (Wildman–Crippen MR) is 109 cm³/mol. The Kier molecular flexibility index (Phi) is 11.0. The van der Waals surface area contributed by atoms with Crippen molar-refractivity contribution < 1.29 is 48.1 Å². The summed E-state index contributed by atoms with van der Waals surface area (Å²) in [5, 5.41) is 0. The number of para-hydroxylation sites is 2. The van der Waals surface area contributed by atoms with Crippen molar-refractivity contribution in [1.29, 1.82) is 0 Å². The second-order valence-electron chi connectivity index (χ2n) is 5.85. The monoisotopic (exact) mass is 448 g/mol. The molecule has 32 heavy (non-hydrogen) atoms. The molecule has 2 rings (SSSR count). The lowest BCUT2D eigenvalue weighted by Gasteiger charge is -2.15. The number of hydrogen-bond donors (Lipinski definition) is 0. The molecule has 10 nitrogen and oxygen atoms in total. The van der Waals surface area contributed by atoms with Crippen molar-refractivity contribution in [1.82, 2.24) is 0 Å². The Morgan fingerprint density at radius 3 is 1.66 bits per heavy atom. The molecular weight excluding hydrogens is 424 g/mol. The third-order valence-corrected chi connectivity index (χ3v) is 3.81. The Balaban J connectivity index is 1.96. The van der Waals surface area contributed by atoms with E-state index in [0.29, 0.717) is 0 Å². The lowest BCUT2D eigenvalue weighted by Crippen LogP contribution is -2.21. The van der Waals surface area contributed by atoms with Gasteiger partial charge in [-0.2, -0.15) is 0 Å². The molecule has 0 bridgehead atoms. The van der Waals surface area contributed by atoms with Gasteiger partial charge in [-0.3, -0.25) is 9.78 Å². The number of hydrogen-bond acceptors (Lipinski definition) is 10. The summed E-state index contributed by atoms with van der Waals surface area (Å²) in [6, 6.07) is 12.8. The Labute approximate surface area is 185 Å². The molecule has 0 aliphatic rings. The summed E-state index contributed by atoms with van der Waals surface area (Å²) in [6.45, 7) is 3.91. The Bertz CT molecular complexity index is 791. The number of carbonyl (C=O) groups is 2. The van der Waals surface area contributed by atoms with E-state index >= 15 is 0 Å². The van der Waals surface area contributed by atoms with Crippen LogP contribution in [0, 0.1) is 13.2 Å². The van der Waals surface area contributed by atoms with Gasteiger partial charge in [-0.15, -0.1) is 9.78 Å². The Morgan fingerprint density at radius 1 is 0.719 bits per heavy atom. The minimum atomic E-state index is -0.861. The fraction of sp³-hybridized carbons (Fsp3) is 0.273. The third-order valence-electron chi connectivity index (χ3n) is 3.81. The SMILES string of the molecule is [CH2]COCCOC[C](OOC(=O)c1ccccc1OC)OOC(=O)c1ccccc1OC. The molecule has 0 unspecified atom stereocenters. The fourth-order valence-corrected chi connectivity index (χ4v) is 2.32. The summed E-state index contributed by atoms with van der Waals surface area (Å²) in [5.41, 5.74) is 0.232. The van der Waals surface area contributed by atoms with E-state index in [2.05, 4.69) is 6.92 Å². The third kappa shape index (κ3) is 7.82. The molecule has 0 aliphatic carbocycles. The van der Waals surface area contributed by atoms with Crippen LogP contribution in [-0.4, -0.2) is 52.6 Å². The molecule has 0 saturated carbocycles. The van der Waals surface area contributed by atoms with Crippen molar-refractivity contribution >= 4 is 11.9 Å². The van der Waals surface area contributed by atoms with Gasteiger partial charge < -0.3 is 18.9 Å². The standard InChI is InChI=1S/C22H24O10/c1-4-27-13-14-28-15-20(29-31-21(23)16-9-5-7-11-18(16)25-2)30-32-22(24)17-10-6-8-12-19(17)26-3/h5-12H,1,4,13-15H2,2-3H3. The predicted octanol–water partition coefficient (Wildman–Crippen LogP) is 2.94. The van der Waals surface area contributed by atoms with E-state index in [1.54, 1.807) is 36.4 Å². The zero-order valence-electron chi connectivity index (χ0n) is 17.7. The first-order valence-corrected chi connectivity index (χ1v) is 9.45. The lowest BCUT2D eigenvalue weighted by atomic mass is 10.2. The Morgan fingerprint density at radius 2 is 1.19 bits per heavy atom. The van der Waals surface area contributed by atoms with Crippen LogP contribution in [0.2, 0.25) is 0 Å². The first-order valence-electron chi connectivity index (χ1n) is 9.45. The minimum Gasteiger partial charge on any atom is -0.496 e. The van der Waals surface area contributed by atoms with Crippen molar-refractivity contribution in [3.05, 3.63) is 72.9 Å². The first kappa shape index (κ1) is 25.1. The van der Waals surface area contributed by atoms with E-state index in [-0.39, 0.29) is 49.1 Å². The van der Waals surface area contributed by atoms with E-state index in [0.717, 1.165) is 0 Å². The van der Waals surface area contributed by atoms with Crippen LogP contribution in [0.15, 0.2) is 48.5 Å². The van der Waals surface area contributed by atoms with Gasteiger partial charge in [0.15, 0.2) is 0 Å². The molecule has 0 N–H and O–H groups in total. The highest BCUT2D eigenvalue weighted by Crippen LogP contribution is 2.21. The van der Waals surface area contributed by atoms with Crippen LogP contribution in [0.1, 0.15) is 20.7 Å². The van der Waals surface area contributed by atoms with E-state index in [1.165, 1.54) is 26.4 Å². The van der Waals surface area contributed by atoms with Gasteiger partial charge in [-0.25, -0.2) is 9.59 Å². The highest BCUT2D eigenvalue weighted by molar-refractivity contribution is 5.92. The van der Waals surface area contributed by atoms with Gasteiger partial charge >= 0.3 is 18.2 Å². The Hall–Kier alpha value is -3.18. The van der Waals surface area contributed by atoms with Crippen molar-refractivity contribution in [2.45, 2.75) is 0 Å². The molecule has 2 aromatic rings. The molecule has 0 fully saturated rings. The minimum absolute atomic E-state index is 0.116. The van der Waals surface area contributed by atoms with Crippen LogP contribution in [-0.2, 0) is 29.0 Å². The van der Waals surface area contributed by atoms with Gasteiger partial charge in [-0.05, 0) is 31.2 Å². The van der Waals surface area contributed by atoms with Crippen LogP contribution in [0.25, 0.3) is 0 Å². The molecule has 172 valence electrons. The van der Waals surface area contributed by atoms with E-state index in [4.69, 9.17) is 38.5 Å². The first-order chi connectivity index (χ1) is 15.6. The van der Waals surface area contributed by atoms with Crippen molar-refractivity contribution in [3.8, 4) is 11.5 Å². The molecule has 2 aromatic carbocycles. The summed E-state index contributed by atoms with van der Waals surface area (Å²) < 4.78 is 20.6. The van der Waals surface area contributed by atoms with Gasteiger partial charge in [0.05, 0.1) is 27.4 Å². The summed E-state index contributed by atoms with van der Waals surface area (Å²) in [5.74, 6) is -1.15. The maximum atomic E-state index is 12.3. The van der Waals surface area contributed by atoms with E-state index < -0.39 is 18.2 Å². The largest absolute Gasteiger partial charge is 0.496 e. The van der Waals surface area contributed by atoms with E-state index in [1.807, 2.05) is 0 Å². The smallest absolute Gasteiger partial charge is 0.376 e. The highest BCUT2D eigenvalue weighted by atomic mass is 17.3. The van der Waals surface area contributed by atoms with Crippen molar-refractivity contribution in [2.24, 2.45) is 0 Å². The topological polar surface area (TPSA) is 108 Å². The second-order valence-corrected chi connectivity index (χ2v) is 5.85. The number of ether oxygens (including phenoxy) is 4. The molecule has 10 heteroatoms. The molecule has 0 amide bonds. The quantitative estimate of drug-likeness (QED) is 0.243. The maximum Gasteiger partial charge on any atom is 0.376 e. The van der Waals surface area contributed by atoms with Crippen LogP contribution >= 0.6 is 0 Å². The molecule has 0 aliphatic heterocycles. The molecule has 2 radical (unpaired) electrons. The molecular formula is C22H24O10. The summed E-state index contributed by atoms with van der Waals surface area (Å²) in [4.78, 5) is 44.0. The average Bonchev–Trinajstić information content (AvgIpc) is 2.84. The number of rotatable bonds is 14. The van der Waals surface area contributed by atoms with Gasteiger partial charge in [0.25, 0.3) is 0 Å². The number of benzene rings is 2. The zero-order valence-corrected chi connectivity index (χ0v) is 17.7. The van der Waals surface area contributed by atoms with Crippen LogP contribution in [0.3, 0.4) is 0 Å². The van der Waals surface area contributed by atoms with Crippen LogP contribution in [0.4, 0.5) is 0 Å². The van der Waals surface area contributed by atoms with Gasteiger partial charge in [-0.1, -0.05) is 24.3 Å².